The summed E-state index contributed by atoms with van der Waals surface area (Å²) >= 11 is 0. The fourth-order valence-electron chi connectivity index (χ4n) is 1.57. The van der Waals surface area contributed by atoms with E-state index in [1.807, 2.05) is 0 Å². The number of ether oxygens (including phenoxy) is 1. The van der Waals surface area contributed by atoms with Gasteiger partial charge in [-0.25, -0.2) is 8.78 Å². The summed E-state index contributed by atoms with van der Waals surface area (Å²) in [5.41, 5.74) is 1.04. The minimum Gasteiger partial charge on any atom is -0.497 e. The third-order valence-electron chi connectivity index (χ3n) is 2.51. The van der Waals surface area contributed by atoms with Crippen molar-refractivity contribution < 1.29 is 13.5 Å². The average molecular weight is 246 g/mol. The van der Waals surface area contributed by atoms with E-state index < -0.39 is 5.83 Å². The van der Waals surface area contributed by atoms with Crippen LogP contribution < -0.4 is 4.74 Å². The molecule has 0 aliphatic rings. The van der Waals surface area contributed by atoms with E-state index in [-0.39, 0.29) is 5.82 Å². The first-order valence-corrected chi connectivity index (χ1v) is 5.46. The molecule has 0 fully saturated rings. The Bertz CT molecular complexity index is 559. The summed E-state index contributed by atoms with van der Waals surface area (Å²) in [6, 6.07) is 12.3. The number of benzene rings is 2. The first-order valence-electron chi connectivity index (χ1n) is 5.46. The number of hydrogen-bond donors (Lipinski definition) is 0. The summed E-state index contributed by atoms with van der Waals surface area (Å²) in [4.78, 5) is 0. The van der Waals surface area contributed by atoms with Crippen LogP contribution in [0.25, 0.3) is 11.9 Å². The van der Waals surface area contributed by atoms with Gasteiger partial charge in [0.15, 0.2) is 0 Å². The lowest BCUT2D eigenvalue weighted by atomic mass is 10.1. The Kier molecular flexibility index (Phi) is 3.72. The number of hydrogen-bond acceptors (Lipinski definition) is 1. The topological polar surface area (TPSA) is 9.23 Å². The molecule has 0 spiro atoms. The van der Waals surface area contributed by atoms with Gasteiger partial charge in [0, 0.05) is 5.56 Å². The van der Waals surface area contributed by atoms with Crippen molar-refractivity contribution in [1.82, 2.24) is 0 Å². The molecule has 92 valence electrons. The zero-order chi connectivity index (χ0) is 13.0. The van der Waals surface area contributed by atoms with E-state index in [1.54, 1.807) is 31.4 Å². The molecule has 2 aromatic carbocycles. The van der Waals surface area contributed by atoms with Crippen LogP contribution in [0.15, 0.2) is 48.5 Å². The highest BCUT2D eigenvalue weighted by molar-refractivity contribution is 5.77. The van der Waals surface area contributed by atoms with Crippen molar-refractivity contribution in [1.29, 1.82) is 0 Å². The molecule has 0 saturated carbocycles. The van der Waals surface area contributed by atoms with Crippen molar-refractivity contribution in [2.45, 2.75) is 0 Å². The summed E-state index contributed by atoms with van der Waals surface area (Å²) in [6.45, 7) is 0. The molecule has 18 heavy (non-hydrogen) atoms. The predicted molar refractivity (Wildman–Crippen MR) is 68.4 cm³/mol. The molecule has 0 atom stereocenters. The minimum atomic E-state index is -0.414. The largest absolute Gasteiger partial charge is 0.497 e. The van der Waals surface area contributed by atoms with Crippen LogP contribution in [0.3, 0.4) is 0 Å². The van der Waals surface area contributed by atoms with Gasteiger partial charge in [-0.15, -0.1) is 0 Å². The third kappa shape index (κ3) is 2.94. The molecule has 0 N–H and O–H groups in total. The highest BCUT2D eigenvalue weighted by atomic mass is 19.1. The summed E-state index contributed by atoms with van der Waals surface area (Å²) in [7, 11) is 1.55. The minimum absolute atomic E-state index is 0.346. The molecule has 2 aromatic rings. The molecule has 0 unspecified atom stereocenters. The van der Waals surface area contributed by atoms with Crippen molar-refractivity contribution in [2.75, 3.05) is 7.11 Å². The summed E-state index contributed by atoms with van der Waals surface area (Å²) in [5.74, 6) is -0.133. The SMILES string of the molecule is COc1cccc(C=C(F)c2ccc(F)cc2)c1. The maximum absolute atomic E-state index is 13.9. The van der Waals surface area contributed by atoms with E-state index in [1.165, 1.54) is 30.3 Å². The maximum Gasteiger partial charge on any atom is 0.131 e. The third-order valence-corrected chi connectivity index (χ3v) is 2.51. The second-order valence-corrected chi connectivity index (χ2v) is 3.78. The van der Waals surface area contributed by atoms with Gasteiger partial charge in [0.25, 0.3) is 0 Å². The normalized spacial score (nSPS) is 11.4. The maximum atomic E-state index is 13.9. The van der Waals surface area contributed by atoms with Crippen LogP contribution in [0.5, 0.6) is 5.75 Å². The highest BCUT2D eigenvalue weighted by Crippen LogP contribution is 2.21. The fraction of sp³-hybridized carbons (Fsp3) is 0.0667. The van der Waals surface area contributed by atoms with Crippen LogP contribution >= 0.6 is 0 Å². The smallest absolute Gasteiger partial charge is 0.131 e. The van der Waals surface area contributed by atoms with E-state index in [9.17, 15) is 8.78 Å². The van der Waals surface area contributed by atoms with E-state index in [4.69, 9.17) is 4.74 Å². The van der Waals surface area contributed by atoms with E-state index >= 15 is 0 Å². The van der Waals surface area contributed by atoms with E-state index in [2.05, 4.69) is 0 Å². The zero-order valence-electron chi connectivity index (χ0n) is 9.86. The Balaban J connectivity index is 2.29. The lowest BCUT2D eigenvalue weighted by Crippen LogP contribution is -1.83. The van der Waals surface area contributed by atoms with Gasteiger partial charge in [-0.05, 0) is 48.0 Å². The monoisotopic (exact) mass is 246 g/mol. The molecule has 0 heterocycles. The molecule has 0 radical (unpaired) electrons. The molecular weight excluding hydrogens is 234 g/mol. The highest BCUT2D eigenvalue weighted by Gasteiger charge is 2.01. The molecule has 0 bridgehead atoms. The van der Waals surface area contributed by atoms with Gasteiger partial charge >= 0.3 is 0 Å². The molecule has 1 nitrogen and oxygen atoms in total. The van der Waals surface area contributed by atoms with Gasteiger partial charge in [-0.3, -0.25) is 0 Å². The predicted octanol–water partition coefficient (Wildman–Crippen LogP) is 4.30. The van der Waals surface area contributed by atoms with Crippen molar-refractivity contribution in [3.05, 3.63) is 65.5 Å². The number of rotatable bonds is 3. The van der Waals surface area contributed by atoms with Gasteiger partial charge in [-0.1, -0.05) is 12.1 Å². The van der Waals surface area contributed by atoms with Crippen molar-refractivity contribution in [3.63, 3.8) is 0 Å². The van der Waals surface area contributed by atoms with Gasteiger partial charge in [0.1, 0.15) is 17.4 Å². The van der Waals surface area contributed by atoms with Crippen molar-refractivity contribution in [2.24, 2.45) is 0 Å². The zero-order valence-corrected chi connectivity index (χ0v) is 9.86. The van der Waals surface area contributed by atoms with Gasteiger partial charge in [0.2, 0.25) is 0 Å². The van der Waals surface area contributed by atoms with E-state index in [0.29, 0.717) is 16.9 Å². The first-order chi connectivity index (χ1) is 8.69. The van der Waals surface area contributed by atoms with Crippen LogP contribution in [-0.4, -0.2) is 7.11 Å². The fourth-order valence-corrected chi connectivity index (χ4v) is 1.57. The average Bonchev–Trinajstić information content (AvgIpc) is 2.39. The van der Waals surface area contributed by atoms with Gasteiger partial charge in [-0.2, -0.15) is 0 Å². The van der Waals surface area contributed by atoms with Crippen LogP contribution in [-0.2, 0) is 0 Å². The molecule has 2 rings (SSSR count). The Morgan fingerprint density at radius 2 is 1.83 bits per heavy atom. The summed E-state index contributed by atoms with van der Waals surface area (Å²) in [6.07, 6.45) is 1.38. The standard InChI is InChI=1S/C15H12F2O/c1-18-14-4-2-3-11(9-14)10-15(17)12-5-7-13(16)8-6-12/h2-10H,1H3. The van der Waals surface area contributed by atoms with Crippen LogP contribution in [0.4, 0.5) is 8.78 Å². The number of methoxy groups -OCH3 is 1. The quantitative estimate of drug-likeness (QED) is 0.733. The molecule has 0 saturated heterocycles. The second kappa shape index (κ2) is 5.45. The lowest BCUT2D eigenvalue weighted by Gasteiger charge is -2.01. The molecule has 0 aliphatic carbocycles. The Hall–Kier alpha value is -2.16. The van der Waals surface area contributed by atoms with Gasteiger partial charge in [0.05, 0.1) is 7.11 Å². The Morgan fingerprint density at radius 1 is 1.11 bits per heavy atom. The van der Waals surface area contributed by atoms with Crippen molar-refractivity contribution in [3.8, 4) is 5.75 Å². The van der Waals surface area contributed by atoms with E-state index in [0.717, 1.165) is 0 Å². The van der Waals surface area contributed by atoms with Crippen molar-refractivity contribution >= 4 is 11.9 Å². The Morgan fingerprint density at radius 3 is 2.50 bits per heavy atom. The molecule has 0 aliphatic heterocycles. The van der Waals surface area contributed by atoms with Gasteiger partial charge < -0.3 is 4.74 Å². The molecule has 0 aromatic heterocycles. The Labute approximate surface area is 104 Å². The second-order valence-electron chi connectivity index (χ2n) is 3.78. The lowest BCUT2D eigenvalue weighted by molar-refractivity contribution is 0.414. The van der Waals surface area contributed by atoms with Crippen LogP contribution in [0, 0.1) is 5.82 Å². The summed E-state index contributed by atoms with van der Waals surface area (Å²) in [5, 5.41) is 0. The van der Waals surface area contributed by atoms with Crippen LogP contribution in [0.1, 0.15) is 11.1 Å². The molecule has 0 amide bonds. The van der Waals surface area contributed by atoms with Crippen LogP contribution in [0.2, 0.25) is 0 Å². The molecule has 3 heteroatoms. The first kappa shape index (κ1) is 12.3. The molecular formula is C15H12F2O. The number of halogens is 2. The summed E-state index contributed by atoms with van der Waals surface area (Å²) < 4.78 is 31.7.